The summed E-state index contributed by atoms with van der Waals surface area (Å²) in [5, 5.41) is 8.25. The van der Waals surface area contributed by atoms with E-state index in [4.69, 9.17) is 16.3 Å². The van der Waals surface area contributed by atoms with Gasteiger partial charge in [-0.25, -0.2) is 4.68 Å². The number of halogens is 1. The minimum absolute atomic E-state index is 0.148. The lowest BCUT2D eigenvalue weighted by molar-refractivity contribution is 0.0945. The molecule has 0 aliphatic carbocycles. The average Bonchev–Trinajstić information content (AvgIpc) is 3.14. The van der Waals surface area contributed by atoms with E-state index >= 15 is 0 Å². The first-order chi connectivity index (χ1) is 13.1. The number of benzene rings is 2. The molecule has 0 bridgehead atoms. The SMILES string of the molecule is CCCCNC(=O)c1cc(-c2ccc(OC)cc2)nn1-c1ccc(Cl)cc1. The van der Waals surface area contributed by atoms with Gasteiger partial charge < -0.3 is 10.1 Å². The Morgan fingerprint density at radius 1 is 1.15 bits per heavy atom. The first-order valence-corrected chi connectivity index (χ1v) is 9.29. The number of aromatic nitrogens is 2. The standard InChI is InChI=1S/C21H22ClN3O2/c1-3-4-13-23-21(26)20-14-19(15-5-11-18(27-2)12-6-15)24-25(20)17-9-7-16(22)8-10-17/h5-12,14H,3-4,13H2,1-2H3,(H,23,26). The van der Waals surface area contributed by atoms with E-state index in [0.29, 0.717) is 23.0 Å². The Morgan fingerprint density at radius 3 is 2.48 bits per heavy atom. The van der Waals surface area contributed by atoms with E-state index in [1.165, 1.54) is 0 Å². The summed E-state index contributed by atoms with van der Waals surface area (Å²) < 4.78 is 6.86. The van der Waals surface area contributed by atoms with E-state index in [9.17, 15) is 4.79 Å². The molecule has 5 nitrogen and oxygen atoms in total. The van der Waals surface area contributed by atoms with Crippen LogP contribution in [0.5, 0.6) is 5.75 Å². The number of methoxy groups -OCH3 is 1. The minimum Gasteiger partial charge on any atom is -0.497 e. The summed E-state index contributed by atoms with van der Waals surface area (Å²) in [5.74, 6) is 0.624. The second kappa shape index (κ2) is 8.73. The van der Waals surface area contributed by atoms with Crippen molar-refractivity contribution in [1.82, 2.24) is 15.1 Å². The Kier molecular flexibility index (Phi) is 6.14. The van der Waals surface area contributed by atoms with Crippen LogP contribution in [-0.4, -0.2) is 29.3 Å². The third-order valence-electron chi connectivity index (χ3n) is 4.21. The highest BCUT2D eigenvalue weighted by atomic mass is 35.5. The number of carbonyl (C=O) groups is 1. The summed E-state index contributed by atoms with van der Waals surface area (Å²) >= 11 is 5.99. The molecule has 0 radical (unpaired) electrons. The molecule has 0 aliphatic rings. The summed E-state index contributed by atoms with van der Waals surface area (Å²) in [4.78, 5) is 12.7. The average molecular weight is 384 g/mol. The Morgan fingerprint density at radius 2 is 1.85 bits per heavy atom. The van der Waals surface area contributed by atoms with E-state index in [1.807, 2.05) is 36.4 Å². The fraction of sp³-hybridized carbons (Fsp3) is 0.238. The number of carbonyl (C=O) groups excluding carboxylic acids is 1. The maximum atomic E-state index is 12.7. The summed E-state index contributed by atoms with van der Waals surface area (Å²) in [5.41, 5.74) is 2.89. The van der Waals surface area contributed by atoms with Crippen molar-refractivity contribution in [3.05, 3.63) is 65.3 Å². The molecular formula is C21H22ClN3O2. The number of ether oxygens (including phenoxy) is 1. The highest BCUT2D eigenvalue weighted by Crippen LogP contribution is 2.24. The van der Waals surface area contributed by atoms with Gasteiger partial charge in [-0.2, -0.15) is 5.10 Å². The van der Waals surface area contributed by atoms with Crippen molar-refractivity contribution in [2.75, 3.05) is 13.7 Å². The third kappa shape index (κ3) is 4.49. The molecule has 0 aliphatic heterocycles. The summed E-state index contributed by atoms with van der Waals surface area (Å²) in [7, 11) is 1.63. The Labute approximate surface area is 163 Å². The molecule has 0 saturated carbocycles. The zero-order valence-electron chi connectivity index (χ0n) is 15.4. The van der Waals surface area contributed by atoms with Crippen molar-refractivity contribution in [1.29, 1.82) is 0 Å². The van der Waals surface area contributed by atoms with Crippen LogP contribution in [0.2, 0.25) is 5.02 Å². The van der Waals surface area contributed by atoms with Gasteiger partial charge in [0, 0.05) is 17.1 Å². The number of hydrogen-bond acceptors (Lipinski definition) is 3. The van der Waals surface area contributed by atoms with Crippen LogP contribution in [0.25, 0.3) is 16.9 Å². The zero-order valence-corrected chi connectivity index (χ0v) is 16.2. The van der Waals surface area contributed by atoms with Gasteiger partial charge in [0.15, 0.2) is 0 Å². The number of rotatable bonds is 7. The fourth-order valence-corrected chi connectivity index (χ4v) is 2.82. The second-order valence-corrected chi connectivity index (χ2v) is 6.58. The van der Waals surface area contributed by atoms with Gasteiger partial charge in [0.2, 0.25) is 0 Å². The number of nitrogens with one attached hydrogen (secondary N) is 1. The lowest BCUT2D eigenvalue weighted by Crippen LogP contribution is -2.26. The van der Waals surface area contributed by atoms with Crippen LogP contribution in [0.15, 0.2) is 54.6 Å². The molecule has 0 fully saturated rings. The van der Waals surface area contributed by atoms with Crippen LogP contribution in [0, 0.1) is 0 Å². The molecule has 140 valence electrons. The number of hydrogen-bond donors (Lipinski definition) is 1. The molecule has 0 atom stereocenters. The van der Waals surface area contributed by atoms with Crippen molar-refractivity contribution in [3.8, 4) is 22.7 Å². The number of amides is 1. The van der Waals surface area contributed by atoms with Crippen LogP contribution in [0.4, 0.5) is 0 Å². The van der Waals surface area contributed by atoms with Crippen molar-refractivity contribution in [2.45, 2.75) is 19.8 Å². The summed E-state index contributed by atoms with van der Waals surface area (Å²) in [6, 6.07) is 16.6. The van der Waals surface area contributed by atoms with E-state index in [2.05, 4.69) is 17.3 Å². The van der Waals surface area contributed by atoms with E-state index in [0.717, 1.165) is 29.8 Å². The molecule has 0 unspecified atom stereocenters. The third-order valence-corrected chi connectivity index (χ3v) is 4.47. The molecule has 6 heteroatoms. The molecule has 1 N–H and O–H groups in total. The molecular weight excluding hydrogens is 362 g/mol. The highest BCUT2D eigenvalue weighted by molar-refractivity contribution is 6.30. The van der Waals surface area contributed by atoms with Gasteiger partial charge in [-0.3, -0.25) is 4.79 Å². The van der Waals surface area contributed by atoms with Crippen molar-refractivity contribution < 1.29 is 9.53 Å². The first-order valence-electron chi connectivity index (χ1n) is 8.91. The van der Waals surface area contributed by atoms with Gasteiger partial charge in [-0.1, -0.05) is 24.9 Å². The van der Waals surface area contributed by atoms with E-state index in [1.54, 1.807) is 30.0 Å². The van der Waals surface area contributed by atoms with Crippen LogP contribution in [0.1, 0.15) is 30.3 Å². The Hall–Kier alpha value is -2.79. The molecule has 1 amide bonds. The van der Waals surface area contributed by atoms with Crippen LogP contribution in [0.3, 0.4) is 0 Å². The largest absolute Gasteiger partial charge is 0.497 e. The molecule has 1 heterocycles. The zero-order chi connectivity index (χ0) is 19.2. The highest BCUT2D eigenvalue weighted by Gasteiger charge is 2.17. The minimum atomic E-state index is -0.148. The molecule has 0 saturated heterocycles. The van der Waals surface area contributed by atoms with Gasteiger partial charge in [-0.15, -0.1) is 0 Å². The normalized spacial score (nSPS) is 10.6. The van der Waals surface area contributed by atoms with Gasteiger partial charge in [-0.05, 0) is 61.0 Å². The molecule has 0 spiro atoms. The summed E-state index contributed by atoms with van der Waals surface area (Å²) in [6.07, 6.45) is 1.96. The predicted molar refractivity (Wildman–Crippen MR) is 108 cm³/mol. The number of unbranched alkanes of at least 4 members (excludes halogenated alkanes) is 1. The smallest absolute Gasteiger partial charge is 0.270 e. The van der Waals surface area contributed by atoms with Gasteiger partial charge in [0.05, 0.1) is 18.5 Å². The fourth-order valence-electron chi connectivity index (χ4n) is 2.69. The lowest BCUT2D eigenvalue weighted by Gasteiger charge is -2.08. The van der Waals surface area contributed by atoms with E-state index in [-0.39, 0.29) is 5.91 Å². The first kappa shape index (κ1) is 19.0. The van der Waals surface area contributed by atoms with Crippen molar-refractivity contribution in [3.63, 3.8) is 0 Å². The topological polar surface area (TPSA) is 56.1 Å². The predicted octanol–water partition coefficient (Wildman–Crippen LogP) is 4.73. The molecule has 3 rings (SSSR count). The van der Waals surface area contributed by atoms with Crippen molar-refractivity contribution in [2.24, 2.45) is 0 Å². The molecule has 3 aromatic rings. The molecule has 1 aromatic heterocycles. The Bertz CT molecular complexity index is 902. The van der Waals surface area contributed by atoms with Gasteiger partial charge in [0.25, 0.3) is 5.91 Å². The maximum Gasteiger partial charge on any atom is 0.270 e. The van der Waals surface area contributed by atoms with Crippen LogP contribution >= 0.6 is 11.6 Å². The quantitative estimate of drug-likeness (QED) is 0.600. The van der Waals surface area contributed by atoms with E-state index < -0.39 is 0 Å². The van der Waals surface area contributed by atoms with Crippen LogP contribution < -0.4 is 10.1 Å². The van der Waals surface area contributed by atoms with Crippen LogP contribution in [-0.2, 0) is 0 Å². The molecule has 2 aromatic carbocycles. The monoisotopic (exact) mass is 383 g/mol. The maximum absolute atomic E-state index is 12.7. The van der Waals surface area contributed by atoms with Gasteiger partial charge in [0.1, 0.15) is 11.4 Å². The van der Waals surface area contributed by atoms with Gasteiger partial charge >= 0.3 is 0 Å². The summed E-state index contributed by atoms with van der Waals surface area (Å²) in [6.45, 7) is 2.73. The Balaban J connectivity index is 1.99. The second-order valence-electron chi connectivity index (χ2n) is 6.14. The molecule has 27 heavy (non-hydrogen) atoms. The lowest BCUT2D eigenvalue weighted by atomic mass is 10.1. The number of nitrogens with zero attached hydrogens (tertiary/aromatic N) is 2. The van der Waals surface area contributed by atoms with Crippen molar-refractivity contribution >= 4 is 17.5 Å².